The van der Waals surface area contributed by atoms with Gasteiger partial charge in [-0.2, -0.15) is 0 Å². The molecule has 0 unspecified atom stereocenters. The summed E-state index contributed by atoms with van der Waals surface area (Å²) in [4.78, 5) is 14.2. The highest BCUT2D eigenvalue weighted by atomic mass is 16.3. The molecule has 20 heavy (non-hydrogen) atoms. The van der Waals surface area contributed by atoms with Crippen molar-refractivity contribution in [2.24, 2.45) is 5.73 Å². The van der Waals surface area contributed by atoms with Crippen LogP contribution in [0, 0.1) is 6.92 Å². The van der Waals surface area contributed by atoms with Crippen LogP contribution in [0.1, 0.15) is 22.5 Å². The molecular weight excluding hydrogens is 256 g/mol. The van der Waals surface area contributed by atoms with Gasteiger partial charge in [-0.15, -0.1) is 0 Å². The molecule has 0 radical (unpaired) electrons. The summed E-state index contributed by atoms with van der Waals surface area (Å²) in [5, 5.41) is 10.7. The Morgan fingerprint density at radius 1 is 1.50 bits per heavy atom. The van der Waals surface area contributed by atoms with Gasteiger partial charge < -0.3 is 20.2 Å². The SMILES string of the molecule is Cc1cc2cccc(C(=O)N3CC[C@@H](N)[C@H](O)C3)c2o1. The van der Waals surface area contributed by atoms with Crippen molar-refractivity contribution in [1.82, 2.24) is 4.90 Å². The van der Waals surface area contributed by atoms with E-state index < -0.39 is 6.10 Å². The van der Waals surface area contributed by atoms with Crippen molar-refractivity contribution in [2.45, 2.75) is 25.5 Å². The first kappa shape index (κ1) is 13.1. The number of likely N-dealkylation sites (tertiary alicyclic amines) is 1. The van der Waals surface area contributed by atoms with Gasteiger partial charge in [-0.25, -0.2) is 0 Å². The van der Waals surface area contributed by atoms with E-state index in [1.807, 2.05) is 25.1 Å². The number of carbonyl (C=O) groups excluding carboxylic acids is 1. The summed E-state index contributed by atoms with van der Waals surface area (Å²) in [6.07, 6.45) is -0.0506. The van der Waals surface area contributed by atoms with Gasteiger partial charge >= 0.3 is 0 Å². The van der Waals surface area contributed by atoms with E-state index in [0.29, 0.717) is 24.1 Å². The summed E-state index contributed by atoms with van der Waals surface area (Å²) < 4.78 is 5.62. The van der Waals surface area contributed by atoms with Crippen LogP contribution in [0.4, 0.5) is 0 Å². The predicted molar refractivity (Wildman–Crippen MR) is 75.5 cm³/mol. The number of benzene rings is 1. The number of aryl methyl sites for hydroxylation is 1. The van der Waals surface area contributed by atoms with Crippen LogP contribution in [0.2, 0.25) is 0 Å². The highest BCUT2D eigenvalue weighted by molar-refractivity contribution is 6.05. The summed E-state index contributed by atoms with van der Waals surface area (Å²) in [7, 11) is 0. The van der Waals surface area contributed by atoms with Crippen molar-refractivity contribution in [3.63, 3.8) is 0 Å². The lowest BCUT2D eigenvalue weighted by atomic mass is 10.0. The Morgan fingerprint density at radius 3 is 3.05 bits per heavy atom. The molecule has 1 amide bonds. The fourth-order valence-electron chi connectivity index (χ4n) is 2.66. The van der Waals surface area contributed by atoms with Crippen LogP contribution in [-0.2, 0) is 0 Å². The number of rotatable bonds is 1. The van der Waals surface area contributed by atoms with E-state index in [9.17, 15) is 9.90 Å². The number of para-hydroxylation sites is 1. The van der Waals surface area contributed by atoms with Gasteiger partial charge in [0.05, 0.1) is 11.7 Å². The van der Waals surface area contributed by atoms with E-state index in [1.54, 1.807) is 11.0 Å². The van der Waals surface area contributed by atoms with Crippen molar-refractivity contribution in [1.29, 1.82) is 0 Å². The molecule has 2 aromatic rings. The third-order valence-corrected chi connectivity index (χ3v) is 3.82. The molecule has 0 bridgehead atoms. The van der Waals surface area contributed by atoms with E-state index in [2.05, 4.69) is 0 Å². The molecule has 0 spiro atoms. The lowest BCUT2D eigenvalue weighted by molar-refractivity contribution is 0.0396. The zero-order valence-electron chi connectivity index (χ0n) is 11.4. The van der Waals surface area contributed by atoms with Crippen molar-refractivity contribution >= 4 is 16.9 Å². The molecule has 1 saturated heterocycles. The average Bonchev–Trinajstić information content (AvgIpc) is 2.81. The number of carbonyl (C=O) groups is 1. The number of β-amino-alcohol motifs (C(OH)–C–C–N with tert-alkyl or cyclic N) is 1. The molecule has 1 aromatic carbocycles. The number of piperidine rings is 1. The summed E-state index contributed by atoms with van der Waals surface area (Å²) in [5.74, 6) is 0.664. The van der Waals surface area contributed by atoms with Gasteiger partial charge in [0.15, 0.2) is 0 Å². The Morgan fingerprint density at radius 2 is 2.30 bits per heavy atom. The first-order valence-corrected chi connectivity index (χ1v) is 6.78. The van der Waals surface area contributed by atoms with Gasteiger partial charge in [0.25, 0.3) is 5.91 Å². The fraction of sp³-hybridized carbons (Fsp3) is 0.400. The fourth-order valence-corrected chi connectivity index (χ4v) is 2.66. The number of aliphatic hydroxyl groups is 1. The summed E-state index contributed by atoms with van der Waals surface area (Å²) in [5.41, 5.74) is 6.92. The van der Waals surface area contributed by atoms with Crippen LogP contribution < -0.4 is 5.73 Å². The third kappa shape index (κ3) is 2.19. The molecular formula is C15H18N2O3. The normalized spacial score (nSPS) is 23.2. The molecule has 2 heterocycles. The maximum Gasteiger partial charge on any atom is 0.257 e. The minimum Gasteiger partial charge on any atom is -0.461 e. The molecule has 5 nitrogen and oxygen atoms in total. The van der Waals surface area contributed by atoms with E-state index in [4.69, 9.17) is 10.2 Å². The monoisotopic (exact) mass is 274 g/mol. The number of aliphatic hydroxyl groups excluding tert-OH is 1. The van der Waals surface area contributed by atoms with Crippen molar-refractivity contribution in [3.8, 4) is 0 Å². The number of hydrogen-bond donors (Lipinski definition) is 2. The zero-order valence-corrected chi connectivity index (χ0v) is 11.4. The maximum absolute atomic E-state index is 12.6. The molecule has 0 aliphatic carbocycles. The molecule has 1 aliphatic heterocycles. The average molecular weight is 274 g/mol. The van der Waals surface area contributed by atoms with Crippen LogP contribution in [0.15, 0.2) is 28.7 Å². The highest BCUT2D eigenvalue weighted by Gasteiger charge is 2.29. The van der Waals surface area contributed by atoms with E-state index in [-0.39, 0.29) is 18.5 Å². The number of fused-ring (bicyclic) bond motifs is 1. The first-order chi connectivity index (χ1) is 9.56. The second-order valence-corrected chi connectivity index (χ2v) is 5.35. The molecule has 106 valence electrons. The second kappa shape index (κ2) is 4.92. The van der Waals surface area contributed by atoms with Crippen molar-refractivity contribution in [3.05, 3.63) is 35.6 Å². The molecule has 1 aliphatic rings. The topological polar surface area (TPSA) is 79.7 Å². The lowest BCUT2D eigenvalue weighted by Crippen LogP contribution is -2.52. The number of amides is 1. The zero-order chi connectivity index (χ0) is 14.3. The molecule has 0 saturated carbocycles. The summed E-state index contributed by atoms with van der Waals surface area (Å²) in [6, 6.07) is 7.18. The molecule has 1 aromatic heterocycles. The first-order valence-electron chi connectivity index (χ1n) is 6.78. The van der Waals surface area contributed by atoms with Crippen LogP contribution in [0.5, 0.6) is 0 Å². The molecule has 1 fully saturated rings. The lowest BCUT2D eigenvalue weighted by Gasteiger charge is -2.34. The van der Waals surface area contributed by atoms with Gasteiger partial charge in [0.2, 0.25) is 0 Å². The van der Waals surface area contributed by atoms with Gasteiger partial charge in [-0.05, 0) is 25.5 Å². The molecule has 3 rings (SSSR count). The minimum absolute atomic E-state index is 0.115. The van der Waals surface area contributed by atoms with Gasteiger partial charge in [0, 0.05) is 24.5 Å². The van der Waals surface area contributed by atoms with Gasteiger partial charge in [-0.3, -0.25) is 4.79 Å². The molecule has 2 atom stereocenters. The molecule has 3 N–H and O–H groups in total. The number of nitrogens with two attached hydrogens (primary N) is 1. The van der Waals surface area contributed by atoms with E-state index in [0.717, 1.165) is 11.1 Å². The van der Waals surface area contributed by atoms with Gasteiger partial charge in [-0.1, -0.05) is 12.1 Å². The van der Waals surface area contributed by atoms with Crippen LogP contribution in [0.3, 0.4) is 0 Å². The smallest absolute Gasteiger partial charge is 0.257 e. The highest BCUT2D eigenvalue weighted by Crippen LogP contribution is 2.24. The van der Waals surface area contributed by atoms with E-state index >= 15 is 0 Å². The summed E-state index contributed by atoms with van der Waals surface area (Å²) >= 11 is 0. The van der Waals surface area contributed by atoms with E-state index in [1.165, 1.54) is 0 Å². The summed E-state index contributed by atoms with van der Waals surface area (Å²) in [6.45, 7) is 2.70. The number of nitrogens with zero attached hydrogens (tertiary/aromatic N) is 1. The number of furan rings is 1. The Labute approximate surface area is 117 Å². The van der Waals surface area contributed by atoms with Crippen LogP contribution >= 0.6 is 0 Å². The van der Waals surface area contributed by atoms with Crippen molar-refractivity contribution < 1.29 is 14.3 Å². The van der Waals surface area contributed by atoms with Crippen molar-refractivity contribution in [2.75, 3.05) is 13.1 Å². The number of hydrogen-bond acceptors (Lipinski definition) is 4. The standard InChI is InChI=1S/C15H18N2O3/c1-9-7-10-3-2-4-11(14(10)20-9)15(19)17-6-5-12(16)13(18)8-17/h2-4,7,12-13,18H,5-6,8,16H2,1H3/t12-,13-/m1/s1. The third-order valence-electron chi connectivity index (χ3n) is 3.82. The second-order valence-electron chi connectivity index (χ2n) is 5.35. The minimum atomic E-state index is -0.662. The van der Waals surface area contributed by atoms with Gasteiger partial charge in [0.1, 0.15) is 11.3 Å². The maximum atomic E-state index is 12.6. The Bertz CT molecular complexity index is 650. The Kier molecular flexibility index (Phi) is 3.23. The Balaban J connectivity index is 1.93. The van der Waals surface area contributed by atoms with Crippen LogP contribution in [-0.4, -0.2) is 41.1 Å². The predicted octanol–water partition coefficient (Wildman–Crippen LogP) is 1.28. The van der Waals surface area contributed by atoms with Crippen LogP contribution in [0.25, 0.3) is 11.0 Å². The largest absolute Gasteiger partial charge is 0.461 e. The quantitative estimate of drug-likeness (QED) is 0.821. The Hall–Kier alpha value is -1.85. The molecule has 5 heteroatoms.